The topological polar surface area (TPSA) is 48.0 Å². The highest BCUT2D eigenvalue weighted by Gasteiger charge is 2.45. The second kappa shape index (κ2) is 7.51. The summed E-state index contributed by atoms with van der Waals surface area (Å²) in [6.45, 7) is 4.70. The lowest BCUT2D eigenvalue weighted by atomic mass is 10.00. The van der Waals surface area contributed by atoms with Crippen molar-refractivity contribution >= 4 is 17.7 Å². The summed E-state index contributed by atoms with van der Waals surface area (Å²) < 4.78 is 28.9. The Hall–Kier alpha value is -1.69. The highest BCUT2D eigenvalue weighted by Crippen LogP contribution is 2.39. The van der Waals surface area contributed by atoms with Crippen LogP contribution in [-0.2, 0) is 4.74 Å². The van der Waals surface area contributed by atoms with Gasteiger partial charge in [0.15, 0.2) is 0 Å². The number of ether oxygens (including phenoxy) is 3. The van der Waals surface area contributed by atoms with Gasteiger partial charge in [0, 0.05) is 36.0 Å². The Morgan fingerprint density at radius 3 is 2.38 bits per heavy atom. The average molecular weight is 386 g/mol. The Morgan fingerprint density at radius 1 is 1.19 bits per heavy atom. The Balaban J connectivity index is 1.65. The molecule has 26 heavy (non-hydrogen) atoms. The second-order valence-corrected chi connectivity index (χ2v) is 8.30. The molecule has 3 atom stereocenters. The monoisotopic (exact) mass is 385 g/mol. The van der Waals surface area contributed by atoms with Gasteiger partial charge in [0.1, 0.15) is 23.2 Å². The van der Waals surface area contributed by atoms with Crippen LogP contribution in [-0.4, -0.2) is 41.6 Å². The zero-order chi connectivity index (χ0) is 18.9. The third-order valence-corrected chi connectivity index (χ3v) is 4.88. The van der Waals surface area contributed by atoms with Gasteiger partial charge in [-0.25, -0.2) is 9.18 Å². The molecule has 7 heteroatoms. The van der Waals surface area contributed by atoms with Gasteiger partial charge in [-0.1, -0.05) is 11.6 Å². The number of fused-ring (bicyclic) bond motifs is 2. The first-order chi connectivity index (χ1) is 12.2. The summed E-state index contributed by atoms with van der Waals surface area (Å²) in [6.07, 6.45) is 3.11. The van der Waals surface area contributed by atoms with E-state index in [4.69, 9.17) is 25.8 Å². The van der Waals surface area contributed by atoms with E-state index in [1.165, 1.54) is 0 Å². The van der Waals surface area contributed by atoms with Crippen LogP contribution in [0.3, 0.4) is 0 Å². The van der Waals surface area contributed by atoms with Crippen LogP contribution in [0, 0.1) is 0 Å². The van der Waals surface area contributed by atoms with Crippen LogP contribution in [0.25, 0.3) is 0 Å². The number of hydrogen-bond donors (Lipinski definition) is 0. The van der Waals surface area contributed by atoms with Gasteiger partial charge in [0.25, 0.3) is 0 Å². The quantitative estimate of drug-likeness (QED) is 0.735. The van der Waals surface area contributed by atoms with Crippen molar-refractivity contribution in [1.29, 1.82) is 0 Å². The molecule has 2 bridgehead atoms. The third-order valence-electron chi connectivity index (χ3n) is 4.66. The van der Waals surface area contributed by atoms with E-state index >= 15 is 0 Å². The minimum absolute atomic E-state index is 0.0251. The van der Waals surface area contributed by atoms with Crippen LogP contribution in [0.5, 0.6) is 11.5 Å². The summed E-state index contributed by atoms with van der Waals surface area (Å²) in [4.78, 5) is 14.4. The summed E-state index contributed by atoms with van der Waals surface area (Å²) in [5.41, 5.74) is -0.502. The number of benzene rings is 1. The number of amides is 1. The fourth-order valence-corrected chi connectivity index (χ4v) is 3.99. The molecule has 0 radical (unpaired) electrons. The van der Waals surface area contributed by atoms with Crippen molar-refractivity contribution in [2.75, 3.05) is 6.86 Å². The van der Waals surface area contributed by atoms with Crippen molar-refractivity contribution in [1.82, 2.24) is 4.90 Å². The average Bonchev–Trinajstić information content (AvgIpc) is 2.77. The molecule has 0 N–H and O–H groups in total. The molecule has 1 aromatic rings. The van der Waals surface area contributed by atoms with Crippen molar-refractivity contribution < 1.29 is 23.4 Å². The van der Waals surface area contributed by atoms with Crippen molar-refractivity contribution in [3.05, 3.63) is 23.2 Å². The molecule has 5 nitrogen and oxygen atoms in total. The van der Waals surface area contributed by atoms with E-state index in [0.29, 0.717) is 16.5 Å². The molecular formula is C19H25ClFNO4. The molecule has 0 saturated carbocycles. The predicted octanol–water partition coefficient (Wildman–Crippen LogP) is 4.96. The van der Waals surface area contributed by atoms with Gasteiger partial charge < -0.3 is 19.1 Å². The number of carbonyl (C=O) groups excluding carboxylic acids is 1. The van der Waals surface area contributed by atoms with E-state index in [1.54, 1.807) is 18.2 Å². The molecule has 0 aliphatic carbocycles. The van der Waals surface area contributed by atoms with E-state index in [0.717, 1.165) is 25.7 Å². The van der Waals surface area contributed by atoms with Gasteiger partial charge in [-0.2, -0.15) is 0 Å². The van der Waals surface area contributed by atoms with Crippen LogP contribution in [0.15, 0.2) is 18.2 Å². The maximum absolute atomic E-state index is 12.5. The summed E-state index contributed by atoms with van der Waals surface area (Å²) >= 11 is 6.05. The largest absolute Gasteiger partial charge is 0.490 e. The van der Waals surface area contributed by atoms with E-state index in [2.05, 4.69) is 0 Å². The lowest BCUT2D eigenvalue weighted by Crippen LogP contribution is -2.50. The standard InChI is InChI=1S/C19H25ClFNO4/c1-19(2,3)26-18(23)22-13-4-5-14(22)9-17(8-13)25-16-7-12(20)6-15(10-16)24-11-21/h6-7,10,13-14,17H,4-5,8-9,11H2,1-3H3/t13-,14+,17+. The van der Waals surface area contributed by atoms with E-state index < -0.39 is 12.5 Å². The lowest BCUT2D eigenvalue weighted by molar-refractivity contribution is -0.00708. The lowest BCUT2D eigenvalue weighted by Gasteiger charge is -2.39. The first kappa shape index (κ1) is 19.1. The minimum Gasteiger partial charge on any atom is -0.490 e. The van der Waals surface area contributed by atoms with E-state index in [-0.39, 0.29) is 24.3 Å². The van der Waals surface area contributed by atoms with Crippen molar-refractivity contribution in [2.45, 2.75) is 70.2 Å². The summed E-state index contributed by atoms with van der Waals surface area (Å²) in [5.74, 6) is 0.889. The highest BCUT2D eigenvalue weighted by atomic mass is 35.5. The first-order valence-electron chi connectivity index (χ1n) is 8.92. The Bertz CT molecular complexity index is 649. The molecule has 1 aromatic carbocycles. The Kier molecular flexibility index (Phi) is 5.51. The number of carbonyl (C=O) groups is 1. The molecule has 0 unspecified atom stereocenters. The van der Waals surface area contributed by atoms with Gasteiger partial charge in [-0.3, -0.25) is 0 Å². The molecule has 2 saturated heterocycles. The Morgan fingerprint density at radius 2 is 1.81 bits per heavy atom. The predicted molar refractivity (Wildman–Crippen MR) is 96.6 cm³/mol. The molecular weight excluding hydrogens is 361 g/mol. The maximum atomic E-state index is 12.5. The zero-order valence-corrected chi connectivity index (χ0v) is 16.1. The fourth-order valence-electron chi connectivity index (χ4n) is 3.78. The van der Waals surface area contributed by atoms with Gasteiger partial charge in [-0.15, -0.1) is 0 Å². The number of piperidine rings is 1. The smallest absolute Gasteiger partial charge is 0.410 e. The van der Waals surface area contributed by atoms with E-state index in [1.807, 2.05) is 25.7 Å². The number of halogens is 2. The van der Waals surface area contributed by atoms with Gasteiger partial charge in [-0.05, 0) is 45.7 Å². The first-order valence-corrected chi connectivity index (χ1v) is 9.30. The van der Waals surface area contributed by atoms with Crippen molar-refractivity contribution in [2.24, 2.45) is 0 Å². The SMILES string of the molecule is CC(C)(C)OC(=O)N1[C@@H]2CC[C@H]1C[C@@H](Oc1cc(Cl)cc(OCF)c1)C2. The molecule has 1 amide bonds. The van der Waals surface area contributed by atoms with Gasteiger partial charge in [0.05, 0.1) is 0 Å². The minimum atomic E-state index is -0.918. The molecule has 0 spiro atoms. The van der Waals surface area contributed by atoms with Crippen LogP contribution in [0.4, 0.5) is 9.18 Å². The number of rotatable bonds is 4. The van der Waals surface area contributed by atoms with E-state index in [9.17, 15) is 9.18 Å². The molecule has 0 aromatic heterocycles. The number of nitrogens with zero attached hydrogens (tertiary/aromatic N) is 1. The molecule has 2 aliphatic heterocycles. The summed E-state index contributed by atoms with van der Waals surface area (Å²) in [6, 6.07) is 5.11. The van der Waals surface area contributed by atoms with Gasteiger partial charge >= 0.3 is 6.09 Å². The van der Waals surface area contributed by atoms with Crippen LogP contribution >= 0.6 is 11.6 Å². The fraction of sp³-hybridized carbons (Fsp3) is 0.632. The van der Waals surface area contributed by atoms with Crippen LogP contribution < -0.4 is 9.47 Å². The molecule has 2 fully saturated rings. The molecule has 2 aliphatic rings. The van der Waals surface area contributed by atoms with Crippen molar-refractivity contribution in [3.8, 4) is 11.5 Å². The van der Waals surface area contributed by atoms with Crippen LogP contribution in [0.1, 0.15) is 46.5 Å². The Labute approximate surface area is 158 Å². The number of alkyl halides is 1. The highest BCUT2D eigenvalue weighted by molar-refractivity contribution is 6.30. The van der Waals surface area contributed by atoms with Gasteiger partial charge in [0.2, 0.25) is 6.86 Å². The van der Waals surface area contributed by atoms with Crippen molar-refractivity contribution in [3.63, 3.8) is 0 Å². The normalized spacial score (nSPS) is 25.1. The maximum Gasteiger partial charge on any atom is 0.410 e. The zero-order valence-electron chi connectivity index (χ0n) is 15.3. The molecule has 2 heterocycles. The third kappa shape index (κ3) is 4.53. The summed E-state index contributed by atoms with van der Waals surface area (Å²) in [5, 5.41) is 0.431. The molecule has 144 valence electrons. The number of hydrogen-bond acceptors (Lipinski definition) is 4. The van der Waals surface area contributed by atoms with Crippen LogP contribution in [0.2, 0.25) is 5.02 Å². The summed E-state index contributed by atoms with van der Waals surface area (Å²) in [7, 11) is 0. The second-order valence-electron chi connectivity index (χ2n) is 7.86. The molecule has 3 rings (SSSR count).